The molecule has 3 amide bonds. The first-order chi connectivity index (χ1) is 15.8. The van der Waals surface area contributed by atoms with Crippen molar-refractivity contribution in [1.82, 2.24) is 16.0 Å². The van der Waals surface area contributed by atoms with E-state index < -0.39 is 5.92 Å². The molecule has 3 saturated carbocycles. The van der Waals surface area contributed by atoms with Crippen LogP contribution in [-0.2, 0) is 14.4 Å². The minimum absolute atomic E-state index is 0.0914. The number of rotatable bonds is 8. The second-order valence-electron chi connectivity index (χ2n) is 11.6. The van der Waals surface area contributed by atoms with Crippen LogP contribution in [0.1, 0.15) is 111 Å². The first-order valence-corrected chi connectivity index (χ1v) is 13.7. The molecule has 0 atom stereocenters. The van der Waals surface area contributed by atoms with Gasteiger partial charge < -0.3 is 16.0 Å². The number of amides is 3. The number of hydrogen-bond acceptors (Lipinski definition) is 3. The van der Waals surface area contributed by atoms with E-state index in [1.54, 1.807) is 0 Å². The lowest BCUT2D eigenvalue weighted by Gasteiger charge is -2.30. The quantitative estimate of drug-likeness (QED) is 0.498. The molecule has 0 heterocycles. The second-order valence-corrected chi connectivity index (χ2v) is 11.6. The van der Waals surface area contributed by atoms with Gasteiger partial charge in [0.05, 0.1) is 5.92 Å². The molecule has 6 heteroatoms. The van der Waals surface area contributed by atoms with Crippen LogP contribution in [0.15, 0.2) is 0 Å². The van der Waals surface area contributed by atoms with Crippen molar-refractivity contribution < 1.29 is 14.4 Å². The molecule has 3 N–H and O–H groups in total. The Kier molecular flexibility index (Phi) is 10.1. The molecule has 3 aliphatic carbocycles. The third-order valence-electron chi connectivity index (χ3n) is 8.36. The maximum absolute atomic E-state index is 13.2. The molecule has 0 aromatic carbocycles. The summed E-state index contributed by atoms with van der Waals surface area (Å²) in [5, 5.41) is 9.46. The van der Waals surface area contributed by atoms with E-state index >= 15 is 0 Å². The molecule has 6 nitrogen and oxygen atoms in total. The van der Waals surface area contributed by atoms with E-state index in [4.69, 9.17) is 0 Å². The summed E-state index contributed by atoms with van der Waals surface area (Å²) in [4.78, 5) is 38.8. The summed E-state index contributed by atoms with van der Waals surface area (Å²) < 4.78 is 0. The lowest BCUT2D eigenvalue weighted by Crippen LogP contribution is -2.45. The van der Waals surface area contributed by atoms with Crippen LogP contribution in [0.3, 0.4) is 0 Å². The number of carbonyl (C=O) groups excluding carboxylic acids is 3. The van der Waals surface area contributed by atoms with Gasteiger partial charge in [-0.2, -0.15) is 0 Å². The summed E-state index contributed by atoms with van der Waals surface area (Å²) in [5.74, 6) is 1.24. The molecule has 188 valence electrons. The van der Waals surface area contributed by atoms with Gasteiger partial charge in [0.15, 0.2) is 0 Å². The predicted molar refractivity (Wildman–Crippen MR) is 131 cm³/mol. The van der Waals surface area contributed by atoms with Gasteiger partial charge in [-0.05, 0) is 94.8 Å². The molecule has 0 spiro atoms. The van der Waals surface area contributed by atoms with Crippen molar-refractivity contribution in [2.24, 2.45) is 23.7 Å². The highest BCUT2D eigenvalue weighted by molar-refractivity contribution is 5.90. The van der Waals surface area contributed by atoms with E-state index in [0.29, 0.717) is 5.92 Å². The van der Waals surface area contributed by atoms with Crippen LogP contribution in [0.5, 0.6) is 0 Å². The Balaban J connectivity index is 1.54. The van der Waals surface area contributed by atoms with Gasteiger partial charge in [0.25, 0.3) is 0 Å². The number of carbonyl (C=O) groups is 3. The maximum Gasteiger partial charge on any atom is 0.224 e. The lowest BCUT2D eigenvalue weighted by atomic mass is 9.86. The van der Waals surface area contributed by atoms with Gasteiger partial charge >= 0.3 is 0 Å². The summed E-state index contributed by atoms with van der Waals surface area (Å²) in [7, 11) is 0. The van der Waals surface area contributed by atoms with Gasteiger partial charge in [-0.15, -0.1) is 0 Å². The molecule has 0 radical (unpaired) electrons. The zero-order valence-electron chi connectivity index (χ0n) is 21.2. The van der Waals surface area contributed by atoms with E-state index in [-0.39, 0.29) is 48.7 Å². The van der Waals surface area contributed by atoms with Crippen LogP contribution in [0.4, 0.5) is 0 Å². The fraction of sp³-hybridized carbons (Fsp3) is 0.889. The Morgan fingerprint density at radius 3 is 1.18 bits per heavy atom. The largest absolute Gasteiger partial charge is 0.353 e. The van der Waals surface area contributed by atoms with Crippen LogP contribution < -0.4 is 16.0 Å². The molecular formula is C27H47N3O3. The molecule has 0 unspecified atom stereocenters. The number of nitrogens with one attached hydrogen (secondary N) is 3. The summed E-state index contributed by atoms with van der Waals surface area (Å²) in [6.07, 6.45) is 13.0. The van der Waals surface area contributed by atoms with Crippen molar-refractivity contribution in [3.05, 3.63) is 0 Å². The first-order valence-electron chi connectivity index (χ1n) is 13.7. The molecule has 3 rings (SSSR count). The van der Waals surface area contributed by atoms with Crippen LogP contribution in [0.2, 0.25) is 0 Å². The minimum atomic E-state index is -0.602. The third-order valence-corrected chi connectivity index (χ3v) is 8.36. The Labute approximate surface area is 200 Å². The van der Waals surface area contributed by atoms with Crippen molar-refractivity contribution in [2.45, 2.75) is 129 Å². The van der Waals surface area contributed by atoms with Gasteiger partial charge in [-0.1, -0.05) is 20.8 Å². The van der Waals surface area contributed by atoms with Crippen LogP contribution in [0, 0.1) is 23.7 Å². The Morgan fingerprint density at radius 2 is 0.848 bits per heavy atom. The third kappa shape index (κ3) is 8.94. The molecule has 0 bridgehead atoms. The zero-order valence-corrected chi connectivity index (χ0v) is 21.2. The van der Waals surface area contributed by atoms with Crippen molar-refractivity contribution in [1.29, 1.82) is 0 Å². The average Bonchev–Trinajstić information content (AvgIpc) is 2.78. The topological polar surface area (TPSA) is 87.3 Å². The fourth-order valence-electron chi connectivity index (χ4n) is 5.81. The molecule has 0 aliphatic heterocycles. The first kappa shape index (κ1) is 26.0. The van der Waals surface area contributed by atoms with E-state index in [9.17, 15) is 14.4 Å². The van der Waals surface area contributed by atoms with Crippen molar-refractivity contribution in [3.8, 4) is 0 Å². The van der Waals surface area contributed by atoms with Gasteiger partial charge in [-0.25, -0.2) is 0 Å². The monoisotopic (exact) mass is 461 g/mol. The summed E-state index contributed by atoms with van der Waals surface area (Å²) in [5.41, 5.74) is 0. The highest BCUT2D eigenvalue weighted by Crippen LogP contribution is 2.26. The number of hydrogen-bond donors (Lipinski definition) is 3. The zero-order chi connectivity index (χ0) is 23.8. The standard InChI is InChI=1S/C27H47N3O3/c1-18-4-10-22(11-5-18)28-25(31)16-21(27(33)30-24-14-8-20(3)9-15-24)17-26(32)29-23-12-6-19(2)7-13-23/h18-24H,4-17H2,1-3H3,(H,28,31)(H,29,32)(H,30,33). The molecule has 0 aromatic heterocycles. The molecule has 3 aliphatic rings. The van der Waals surface area contributed by atoms with Crippen molar-refractivity contribution in [3.63, 3.8) is 0 Å². The van der Waals surface area contributed by atoms with Gasteiger partial charge in [-0.3, -0.25) is 14.4 Å². The van der Waals surface area contributed by atoms with Crippen LogP contribution >= 0.6 is 0 Å². The van der Waals surface area contributed by atoms with Crippen LogP contribution in [0.25, 0.3) is 0 Å². The van der Waals surface area contributed by atoms with E-state index in [0.717, 1.165) is 88.9 Å². The second kappa shape index (κ2) is 12.8. The van der Waals surface area contributed by atoms with Gasteiger partial charge in [0.1, 0.15) is 0 Å². The molecule has 0 saturated heterocycles. The summed E-state index contributed by atoms with van der Waals surface area (Å²) in [6, 6.07) is 0.576. The molecule has 3 fully saturated rings. The van der Waals surface area contributed by atoms with Crippen molar-refractivity contribution in [2.75, 3.05) is 0 Å². The highest BCUT2D eigenvalue weighted by atomic mass is 16.2. The van der Waals surface area contributed by atoms with Crippen LogP contribution in [-0.4, -0.2) is 35.8 Å². The highest BCUT2D eigenvalue weighted by Gasteiger charge is 2.30. The normalized spacial score (nSPS) is 33.5. The van der Waals surface area contributed by atoms with Crippen molar-refractivity contribution >= 4 is 17.7 Å². The maximum atomic E-state index is 13.2. The summed E-state index contributed by atoms with van der Waals surface area (Å²) in [6.45, 7) is 6.78. The van der Waals surface area contributed by atoms with E-state index in [1.807, 2.05) is 0 Å². The van der Waals surface area contributed by atoms with E-state index in [1.165, 1.54) is 0 Å². The Hall–Kier alpha value is -1.59. The molecule has 0 aromatic rings. The predicted octanol–water partition coefficient (Wildman–Crippen LogP) is 4.47. The summed E-state index contributed by atoms with van der Waals surface area (Å²) >= 11 is 0. The van der Waals surface area contributed by atoms with Gasteiger partial charge in [0, 0.05) is 31.0 Å². The molecule has 33 heavy (non-hydrogen) atoms. The van der Waals surface area contributed by atoms with E-state index in [2.05, 4.69) is 36.7 Å². The Bertz CT molecular complexity index is 605. The lowest BCUT2D eigenvalue weighted by molar-refractivity contribution is -0.134. The smallest absolute Gasteiger partial charge is 0.224 e. The van der Waals surface area contributed by atoms with Gasteiger partial charge in [0.2, 0.25) is 17.7 Å². The molecular weight excluding hydrogens is 414 g/mol. The average molecular weight is 462 g/mol. The Morgan fingerprint density at radius 1 is 0.545 bits per heavy atom. The SMILES string of the molecule is CC1CCC(NC(=O)CC(CC(=O)NC2CCC(C)CC2)C(=O)NC2CCC(C)CC2)CC1. The minimum Gasteiger partial charge on any atom is -0.353 e. The fourth-order valence-corrected chi connectivity index (χ4v) is 5.81.